The molecular formula is C15H18F4N2O. The van der Waals surface area contributed by atoms with Gasteiger partial charge in [-0.15, -0.1) is 0 Å². The van der Waals surface area contributed by atoms with E-state index in [1.165, 1.54) is 11.0 Å². The molecule has 0 aromatic heterocycles. The molecular weight excluding hydrogens is 300 g/mol. The van der Waals surface area contributed by atoms with Crippen LogP contribution in [0.25, 0.3) is 0 Å². The van der Waals surface area contributed by atoms with E-state index in [0.29, 0.717) is 18.4 Å². The lowest BCUT2D eigenvalue weighted by molar-refractivity contribution is -0.149. The van der Waals surface area contributed by atoms with E-state index in [0.717, 1.165) is 0 Å². The highest BCUT2D eigenvalue weighted by Gasteiger charge is 2.33. The third-order valence-corrected chi connectivity index (χ3v) is 3.77. The monoisotopic (exact) mass is 318 g/mol. The van der Waals surface area contributed by atoms with Crippen molar-refractivity contribution in [3.8, 4) is 0 Å². The van der Waals surface area contributed by atoms with E-state index in [1.54, 1.807) is 18.2 Å². The first-order valence-electron chi connectivity index (χ1n) is 7.15. The number of nitrogens with one attached hydrogen (secondary N) is 1. The predicted octanol–water partition coefficient (Wildman–Crippen LogP) is 2.72. The summed E-state index contributed by atoms with van der Waals surface area (Å²) in [6.45, 7) is -0.348. The topological polar surface area (TPSA) is 32.3 Å². The Morgan fingerprint density at radius 1 is 1.23 bits per heavy atom. The quantitative estimate of drug-likeness (QED) is 0.866. The number of carbonyl (C=O) groups excluding carboxylic acids is 1. The van der Waals surface area contributed by atoms with Gasteiger partial charge in [0, 0.05) is 18.0 Å². The van der Waals surface area contributed by atoms with Crippen LogP contribution >= 0.6 is 0 Å². The molecule has 1 heterocycles. The number of alkyl halides is 3. The molecule has 0 spiro atoms. The summed E-state index contributed by atoms with van der Waals surface area (Å²) in [7, 11) is 0. The summed E-state index contributed by atoms with van der Waals surface area (Å²) in [6, 6.07) is 6.15. The Kier molecular flexibility index (Phi) is 5.39. The molecule has 0 atom stereocenters. The summed E-state index contributed by atoms with van der Waals surface area (Å²) in [5.41, 5.74) is 0.394. The van der Waals surface area contributed by atoms with Crippen molar-refractivity contribution in [1.29, 1.82) is 0 Å². The average Bonchev–Trinajstić information content (AvgIpc) is 2.45. The Morgan fingerprint density at radius 3 is 2.45 bits per heavy atom. The SMILES string of the molecule is O=C(NCc1ccccc1F)C1CCN(CC(F)(F)F)CC1. The summed E-state index contributed by atoms with van der Waals surface area (Å²) in [6.07, 6.45) is -3.43. The third kappa shape index (κ3) is 4.98. The molecule has 1 aromatic rings. The normalized spacial score (nSPS) is 17.5. The molecule has 1 aliphatic rings. The zero-order valence-corrected chi connectivity index (χ0v) is 12.0. The second-order valence-electron chi connectivity index (χ2n) is 5.47. The summed E-state index contributed by atoms with van der Waals surface area (Å²) >= 11 is 0. The van der Waals surface area contributed by atoms with Crippen molar-refractivity contribution in [3.63, 3.8) is 0 Å². The molecule has 1 fully saturated rings. The molecule has 1 aliphatic heterocycles. The minimum Gasteiger partial charge on any atom is -0.352 e. The number of likely N-dealkylation sites (tertiary alicyclic amines) is 1. The summed E-state index contributed by atoms with van der Waals surface area (Å²) in [5.74, 6) is -0.922. The van der Waals surface area contributed by atoms with Gasteiger partial charge >= 0.3 is 6.18 Å². The van der Waals surface area contributed by atoms with Gasteiger partial charge in [0.15, 0.2) is 0 Å². The predicted molar refractivity (Wildman–Crippen MR) is 73.5 cm³/mol. The van der Waals surface area contributed by atoms with Gasteiger partial charge in [-0.3, -0.25) is 9.69 Å². The Balaban J connectivity index is 1.77. The number of piperidine rings is 1. The molecule has 0 bridgehead atoms. The molecule has 0 unspecified atom stereocenters. The molecule has 0 aliphatic carbocycles. The second-order valence-corrected chi connectivity index (χ2v) is 5.47. The van der Waals surface area contributed by atoms with Crippen LogP contribution in [0.15, 0.2) is 24.3 Å². The number of benzene rings is 1. The Morgan fingerprint density at radius 2 is 1.86 bits per heavy atom. The van der Waals surface area contributed by atoms with Gasteiger partial charge in [-0.1, -0.05) is 18.2 Å². The highest BCUT2D eigenvalue weighted by molar-refractivity contribution is 5.78. The largest absolute Gasteiger partial charge is 0.401 e. The van der Waals surface area contributed by atoms with E-state index in [-0.39, 0.29) is 37.3 Å². The van der Waals surface area contributed by atoms with Crippen LogP contribution in [0, 0.1) is 11.7 Å². The van der Waals surface area contributed by atoms with Crippen LogP contribution < -0.4 is 5.32 Å². The second kappa shape index (κ2) is 7.09. The zero-order valence-electron chi connectivity index (χ0n) is 12.0. The van der Waals surface area contributed by atoms with E-state index < -0.39 is 12.7 Å². The maximum absolute atomic E-state index is 13.4. The smallest absolute Gasteiger partial charge is 0.352 e. The van der Waals surface area contributed by atoms with E-state index >= 15 is 0 Å². The molecule has 122 valence electrons. The number of halogens is 4. The van der Waals surface area contributed by atoms with Crippen molar-refractivity contribution in [2.75, 3.05) is 19.6 Å². The summed E-state index contributed by atoms with van der Waals surface area (Å²) in [4.78, 5) is 13.3. The molecule has 1 amide bonds. The van der Waals surface area contributed by atoms with Gasteiger partial charge in [-0.05, 0) is 32.0 Å². The highest BCUT2D eigenvalue weighted by Crippen LogP contribution is 2.22. The first kappa shape index (κ1) is 16.7. The van der Waals surface area contributed by atoms with Crippen molar-refractivity contribution in [1.82, 2.24) is 10.2 Å². The Bertz CT molecular complexity index is 511. The van der Waals surface area contributed by atoms with Gasteiger partial charge in [0.25, 0.3) is 0 Å². The standard InChI is InChI=1S/C15H18F4N2O/c16-13-4-2-1-3-12(13)9-20-14(22)11-5-7-21(8-6-11)10-15(17,18)19/h1-4,11H,5-10H2,(H,20,22). The number of rotatable bonds is 4. The maximum atomic E-state index is 13.4. The van der Waals surface area contributed by atoms with Crippen LogP contribution in [-0.2, 0) is 11.3 Å². The molecule has 1 aromatic carbocycles. The zero-order chi connectivity index (χ0) is 16.2. The first-order chi connectivity index (χ1) is 10.3. The number of amides is 1. The fourth-order valence-corrected chi connectivity index (χ4v) is 2.58. The van der Waals surface area contributed by atoms with Crippen LogP contribution in [-0.4, -0.2) is 36.6 Å². The lowest BCUT2D eigenvalue weighted by Gasteiger charge is -2.31. The van der Waals surface area contributed by atoms with Crippen molar-refractivity contribution in [3.05, 3.63) is 35.6 Å². The molecule has 1 N–H and O–H groups in total. The Hall–Kier alpha value is -1.63. The van der Waals surface area contributed by atoms with E-state index in [9.17, 15) is 22.4 Å². The van der Waals surface area contributed by atoms with Crippen LogP contribution in [0.4, 0.5) is 17.6 Å². The van der Waals surface area contributed by atoms with Gasteiger partial charge in [-0.25, -0.2) is 4.39 Å². The van der Waals surface area contributed by atoms with Crippen molar-refractivity contribution < 1.29 is 22.4 Å². The fraction of sp³-hybridized carbons (Fsp3) is 0.533. The molecule has 22 heavy (non-hydrogen) atoms. The Labute approximate surface area is 126 Å². The first-order valence-corrected chi connectivity index (χ1v) is 7.15. The van der Waals surface area contributed by atoms with Gasteiger partial charge < -0.3 is 5.32 Å². The molecule has 0 radical (unpaired) electrons. The average molecular weight is 318 g/mol. The summed E-state index contributed by atoms with van der Waals surface area (Å²) in [5, 5.41) is 2.65. The molecule has 2 rings (SSSR count). The molecule has 3 nitrogen and oxygen atoms in total. The van der Waals surface area contributed by atoms with Crippen molar-refractivity contribution >= 4 is 5.91 Å². The summed E-state index contributed by atoms with van der Waals surface area (Å²) < 4.78 is 50.3. The van der Waals surface area contributed by atoms with E-state index in [1.807, 2.05) is 0 Å². The van der Waals surface area contributed by atoms with Crippen LogP contribution in [0.3, 0.4) is 0 Å². The molecule has 7 heteroatoms. The van der Waals surface area contributed by atoms with Crippen molar-refractivity contribution in [2.45, 2.75) is 25.6 Å². The molecule has 1 saturated heterocycles. The maximum Gasteiger partial charge on any atom is 0.401 e. The number of hydrogen-bond acceptors (Lipinski definition) is 2. The van der Waals surface area contributed by atoms with Crippen molar-refractivity contribution in [2.24, 2.45) is 5.92 Å². The lowest BCUT2D eigenvalue weighted by atomic mass is 9.96. The van der Waals surface area contributed by atoms with Gasteiger partial charge in [0.1, 0.15) is 5.82 Å². The van der Waals surface area contributed by atoms with Crippen LogP contribution in [0.2, 0.25) is 0 Å². The molecule has 0 saturated carbocycles. The minimum absolute atomic E-state index is 0.0915. The lowest BCUT2D eigenvalue weighted by Crippen LogP contribution is -2.43. The van der Waals surface area contributed by atoms with E-state index in [4.69, 9.17) is 0 Å². The van der Waals surface area contributed by atoms with Gasteiger partial charge in [-0.2, -0.15) is 13.2 Å². The van der Waals surface area contributed by atoms with Gasteiger partial charge in [0.05, 0.1) is 6.54 Å². The van der Waals surface area contributed by atoms with Crippen LogP contribution in [0.1, 0.15) is 18.4 Å². The number of nitrogens with zero attached hydrogens (tertiary/aromatic N) is 1. The minimum atomic E-state index is -4.21. The third-order valence-electron chi connectivity index (χ3n) is 3.77. The van der Waals surface area contributed by atoms with E-state index in [2.05, 4.69) is 5.32 Å². The highest BCUT2D eigenvalue weighted by atomic mass is 19.4. The number of hydrogen-bond donors (Lipinski definition) is 1. The van der Waals surface area contributed by atoms with Crippen LogP contribution in [0.5, 0.6) is 0 Å². The number of carbonyl (C=O) groups is 1. The van der Waals surface area contributed by atoms with Gasteiger partial charge in [0.2, 0.25) is 5.91 Å². The fourth-order valence-electron chi connectivity index (χ4n) is 2.58.